The Morgan fingerprint density at radius 2 is 1.10 bits per heavy atom. The number of fused-ring (bicyclic) bond motifs is 4. The van der Waals surface area contributed by atoms with Gasteiger partial charge in [-0.3, -0.25) is 9.80 Å². The van der Waals surface area contributed by atoms with Crippen molar-refractivity contribution in [2.24, 2.45) is 0 Å². The van der Waals surface area contributed by atoms with Gasteiger partial charge in [0.25, 0.3) is 0 Å². The van der Waals surface area contributed by atoms with Crippen LogP contribution in [-0.2, 0) is 22.6 Å². The molecule has 4 heterocycles. The Labute approximate surface area is 432 Å². The van der Waals surface area contributed by atoms with E-state index in [1.807, 2.05) is 12.1 Å². The number of aliphatic hydroxyl groups excluding tert-OH is 1. The number of aryl methyl sites for hydroxylation is 2. The van der Waals surface area contributed by atoms with Gasteiger partial charge >= 0.3 is 59.1 Å². The normalized spacial score (nSPS) is 21.9. The van der Waals surface area contributed by atoms with E-state index in [1.54, 1.807) is 27.2 Å². The summed E-state index contributed by atoms with van der Waals surface area (Å²) in [6.07, 6.45) is 12.0. The maximum atomic E-state index is 12.2. The van der Waals surface area contributed by atoms with Gasteiger partial charge in [0, 0.05) is 51.5 Å². The Hall–Kier alpha value is -1.70. The molecule has 0 spiro atoms. The molecule has 4 fully saturated rings. The molecule has 2 N–H and O–H groups in total. The fourth-order valence-corrected chi connectivity index (χ4v) is 8.83. The van der Waals surface area contributed by atoms with Crippen LogP contribution in [0.4, 0.5) is 4.39 Å². The summed E-state index contributed by atoms with van der Waals surface area (Å²) in [7, 11) is 3.19. The molecule has 4 aromatic carbocycles. The molecule has 0 aromatic heterocycles. The van der Waals surface area contributed by atoms with Crippen molar-refractivity contribution in [3.8, 4) is 17.2 Å². The summed E-state index contributed by atoms with van der Waals surface area (Å²) in [5.41, 5.74) is 4.83. The van der Waals surface area contributed by atoms with Gasteiger partial charge < -0.3 is 32.0 Å². The molecule has 2 unspecified atom stereocenters. The standard InChI is InChI=1S/C24H31NO3.C15H21NO.C7H7FO.C2H5ClO.3CH4.2Na.2H/c1-18-11-12-23(24(13-18)27-17-26-2)28-22-14-20-9-6-10-21(15-22)25(20)16-19-7-4-3-5-8-19;17-15-9-13-7-4-8-14(10-15)16(13)11-12-5-2-1-3-6-12;1-5-2-3-6(8)7(9)4-5;1-4-2-3;;;;;;;/h3-5,7-8,11-13,20-22H,6,9-10,14-17H2,1-2H3;1-3,5-6,13-15,17H,4,7-11H2;2-4,9H,1H3;2H2,1H3;3*1H4;;;;/q;;;;;;;2*+1;2*-1/t20-,21+,22?;13-,14+,15?;;;;;;;;;. The molecule has 4 aliphatic rings. The van der Waals surface area contributed by atoms with Crippen molar-refractivity contribution in [1.82, 2.24) is 9.80 Å². The van der Waals surface area contributed by atoms with Gasteiger partial charge in [-0.25, -0.2) is 4.39 Å². The molecule has 6 atom stereocenters. The van der Waals surface area contributed by atoms with E-state index >= 15 is 0 Å². The molecular weight excluding hydrogens is 837 g/mol. The van der Waals surface area contributed by atoms with Crippen LogP contribution in [0.5, 0.6) is 17.2 Å². The number of rotatable bonds is 10. The number of aromatic hydroxyl groups is 1. The second-order valence-electron chi connectivity index (χ2n) is 16.0. The molecule has 0 aliphatic carbocycles. The second kappa shape index (κ2) is 32.9. The number of phenolic OH excluding ortho intramolecular Hbond substituents is 1. The largest absolute Gasteiger partial charge is 1.00 e. The fourth-order valence-electron chi connectivity index (χ4n) is 8.83. The van der Waals surface area contributed by atoms with E-state index in [4.69, 9.17) is 30.9 Å². The number of alkyl halides is 1. The van der Waals surface area contributed by atoms with Crippen LogP contribution < -0.4 is 68.6 Å². The van der Waals surface area contributed by atoms with Crippen LogP contribution in [0, 0.1) is 19.7 Å². The molecule has 8 nitrogen and oxygen atoms in total. The van der Waals surface area contributed by atoms with E-state index in [9.17, 15) is 9.50 Å². The van der Waals surface area contributed by atoms with Gasteiger partial charge in [-0.05, 0) is 112 Å². The van der Waals surface area contributed by atoms with Crippen molar-refractivity contribution in [3.05, 3.63) is 125 Å². The second-order valence-corrected chi connectivity index (χ2v) is 16.2. The number of nitrogens with zero attached hydrogens (tertiary/aromatic N) is 2. The van der Waals surface area contributed by atoms with Crippen LogP contribution in [0.2, 0.25) is 0 Å². The number of hydrogen-bond donors (Lipinski definition) is 2. The van der Waals surface area contributed by atoms with Gasteiger partial charge in [-0.15, -0.1) is 0 Å². The molecule has 4 bridgehead atoms. The first-order valence-corrected chi connectivity index (χ1v) is 21.4. The van der Waals surface area contributed by atoms with Gasteiger partial charge in [0.05, 0.1) is 6.10 Å². The Morgan fingerprint density at radius 1 is 0.651 bits per heavy atom. The molecule has 0 amide bonds. The zero-order valence-corrected chi connectivity index (χ0v) is 41.5. The molecule has 8 rings (SSSR count). The van der Waals surface area contributed by atoms with Crippen LogP contribution in [0.25, 0.3) is 0 Å². The Morgan fingerprint density at radius 3 is 1.52 bits per heavy atom. The fraction of sp³-hybridized carbons (Fsp3) is 0.529. The van der Waals surface area contributed by atoms with Crippen LogP contribution in [0.3, 0.4) is 0 Å². The van der Waals surface area contributed by atoms with Gasteiger partial charge in [0.1, 0.15) is 12.2 Å². The van der Waals surface area contributed by atoms with Gasteiger partial charge in [-0.1, -0.05) is 120 Å². The number of piperidine rings is 4. The molecule has 344 valence electrons. The minimum absolute atomic E-state index is 0. The van der Waals surface area contributed by atoms with E-state index in [0.29, 0.717) is 30.2 Å². The predicted molar refractivity (Wildman–Crippen MR) is 252 cm³/mol. The number of aliphatic hydroxyl groups is 1. The molecule has 4 aliphatic heterocycles. The van der Waals surface area contributed by atoms with Crippen molar-refractivity contribution in [2.75, 3.05) is 27.1 Å². The van der Waals surface area contributed by atoms with E-state index in [0.717, 1.165) is 61.4 Å². The van der Waals surface area contributed by atoms with E-state index in [-0.39, 0.29) is 109 Å². The van der Waals surface area contributed by atoms with E-state index in [2.05, 4.69) is 88.2 Å². The van der Waals surface area contributed by atoms with Crippen molar-refractivity contribution < 1.29 is 95.5 Å². The van der Waals surface area contributed by atoms with Crippen molar-refractivity contribution >= 4 is 11.6 Å². The van der Waals surface area contributed by atoms with Crippen LogP contribution in [-0.4, -0.2) is 83.5 Å². The third-order valence-corrected chi connectivity index (χ3v) is 11.8. The number of phenols is 1. The van der Waals surface area contributed by atoms with Crippen molar-refractivity contribution in [3.63, 3.8) is 0 Å². The maximum Gasteiger partial charge on any atom is 1.00 e. The number of hydrogen-bond acceptors (Lipinski definition) is 8. The first kappa shape index (κ1) is 61.3. The first-order chi connectivity index (χ1) is 28.2. The van der Waals surface area contributed by atoms with E-state index in [1.165, 1.54) is 61.8 Å². The zero-order valence-electron chi connectivity index (χ0n) is 38.8. The van der Waals surface area contributed by atoms with Gasteiger partial charge in [0.15, 0.2) is 29.9 Å². The van der Waals surface area contributed by atoms with Crippen LogP contribution >= 0.6 is 11.6 Å². The number of methoxy groups -OCH3 is 2. The third-order valence-electron chi connectivity index (χ3n) is 11.5. The molecular formula is C51H78ClFN2Na2O6. The first-order valence-electron chi connectivity index (χ1n) is 20.8. The quantitative estimate of drug-likeness (QED) is 0.109. The SMILES string of the molecule is C.C.C.COCCl.COCOc1cc(C)ccc1OC1C[C@H]2CCC[C@@H](C1)N2Cc1ccccc1.Cc1ccc(F)c(O)c1.OC1C[C@H]2CCC[C@@H](C1)N2Cc1ccccc1.[H-].[H-].[Na+].[Na+]. The smallest absolute Gasteiger partial charge is 1.00 e. The summed E-state index contributed by atoms with van der Waals surface area (Å²) >= 11 is 4.96. The summed E-state index contributed by atoms with van der Waals surface area (Å²) in [5, 5.41) is 18.6. The van der Waals surface area contributed by atoms with Gasteiger partial charge in [0.2, 0.25) is 0 Å². The van der Waals surface area contributed by atoms with Crippen molar-refractivity contribution in [1.29, 1.82) is 0 Å². The van der Waals surface area contributed by atoms with Crippen LogP contribution in [0.15, 0.2) is 97.1 Å². The average Bonchev–Trinajstić information content (AvgIpc) is 3.21. The topological polar surface area (TPSA) is 83.9 Å². The van der Waals surface area contributed by atoms with Gasteiger partial charge in [-0.2, -0.15) is 0 Å². The minimum Gasteiger partial charge on any atom is -1.00 e. The zero-order chi connectivity index (χ0) is 41.3. The van der Waals surface area contributed by atoms with E-state index < -0.39 is 5.82 Å². The summed E-state index contributed by atoms with van der Waals surface area (Å²) in [6.45, 7) is 6.20. The predicted octanol–water partition coefficient (Wildman–Crippen LogP) is 6.32. The molecule has 0 saturated carbocycles. The molecule has 12 heteroatoms. The monoisotopic (exact) mass is 915 g/mol. The summed E-state index contributed by atoms with van der Waals surface area (Å²) in [4.78, 5) is 5.35. The minimum atomic E-state index is -0.569. The Kier molecular flexibility index (Phi) is 32.0. The average molecular weight is 916 g/mol. The van der Waals surface area contributed by atoms with Crippen molar-refractivity contribution in [2.45, 2.75) is 150 Å². The number of benzene rings is 4. The molecule has 0 radical (unpaired) electrons. The summed E-state index contributed by atoms with van der Waals surface area (Å²) in [6, 6.07) is 34.7. The Balaban J connectivity index is -0.000000895. The number of ether oxygens (including phenoxy) is 4. The summed E-state index contributed by atoms with van der Waals surface area (Å²) in [5.74, 6) is 0.761. The third kappa shape index (κ3) is 20.0. The molecule has 4 saturated heterocycles. The maximum absolute atomic E-state index is 12.2. The molecule has 63 heavy (non-hydrogen) atoms. The molecule has 4 aromatic rings. The van der Waals surface area contributed by atoms with Crippen LogP contribution in [0.1, 0.15) is 112 Å². The number of halogens is 2. The summed E-state index contributed by atoms with van der Waals surface area (Å²) < 4.78 is 33.8. The Bertz CT molecular complexity index is 1770.